The number of hydrogen-bond acceptors (Lipinski definition) is 4. The van der Waals surface area contributed by atoms with Crippen LogP contribution in [0, 0.1) is 0 Å². The molecular weight excluding hydrogens is 284 g/mol. The average molecular weight is 298 g/mol. The minimum absolute atomic E-state index is 0.201. The third kappa shape index (κ3) is 2.00. The van der Waals surface area contributed by atoms with E-state index in [1.165, 1.54) is 5.01 Å². The zero-order chi connectivity index (χ0) is 15.1. The van der Waals surface area contributed by atoms with Crippen LogP contribution in [0.3, 0.4) is 0 Å². The van der Waals surface area contributed by atoms with Gasteiger partial charge in [-0.15, -0.1) is 0 Å². The Labute approximate surface area is 126 Å². The Morgan fingerprint density at radius 2 is 2.09 bits per heavy atom. The molecule has 0 saturated heterocycles. The highest BCUT2D eigenvalue weighted by Crippen LogP contribution is 2.24. The van der Waals surface area contributed by atoms with Gasteiger partial charge in [0.2, 0.25) is 0 Å². The van der Waals surface area contributed by atoms with Crippen LogP contribution in [0.1, 0.15) is 37.6 Å². The highest BCUT2D eigenvalue weighted by atomic mass is 16.5. The van der Waals surface area contributed by atoms with E-state index in [-0.39, 0.29) is 11.7 Å². The van der Waals surface area contributed by atoms with Crippen LogP contribution in [0.5, 0.6) is 0 Å². The number of furan rings is 1. The Hall–Kier alpha value is -2.60. The summed E-state index contributed by atoms with van der Waals surface area (Å²) in [6, 6.07) is 7.33. The van der Waals surface area contributed by atoms with Crippen molar-refractivity contribution in [3.05, 3.63) is 58.5 Å². The number of ether oxygens (including phenoxy) is 1. The number of amides is 2. The van der Waals surface area contributed by atoms with Crippen LogP contribution in [-0.2, 0) is 24.3 Å². The van der Waals surface area contributed by atoms with Crippen LogP contribution < -0.4 is 5.43 Å². The van der Waals surface area contributed by atoms with Gasteiger partial charge >= 0.3 is 5.91 Å². The van der Waals surface area contributed by atoms with E-state index in [2.05, 4.69) is 5.43 Å². The number of fused-ring (bicyclic) bond motifs is 2. The van der Waals surface area contributed by atoms with Crippen molar-refractivity contribution in [2.75, 3.05) is 6.61 Å². The lowest BCUT2D eigenvalue weighted by molar-refractivity contribution is 0.0589. The molecule has 4 rings (SSSR count). The minimum atomic E-state index is -0.399. The second kappa shape index (κ2) is 4.99. The normalized spacial score (nSPS) is 16.4. The van der Waals surface area contributed by atoms with Gasteiger partial charge in [0.15, 0.2) is 5.76 Å². The Bertz CT molecular complexity index is 765. The van der Waals surface area contributed by atoms with Gasteiger partial charge in [-0.05, 0) is 11.6 Å². The largest absolute Gasteiger partial charge is 0.458 e. The summed E-state index contributed by atoms with van der Waals surface area (Å²) >= 11 is 0. The van der Waals surface area contributed by atoms with Crippen molar-refractivity contribution in [3.63, 3.8) is 0 Å². The first-order chi connectivity index (χ1) is 10.7. The molecule has 0 fully saturated rings. The van der Waals surface area contributed by atoms with Gasteiger partial charge in [0.25, 0.3) is 5.91 Å². The molecule has 2 aromatic rings. The molecule has 0 aliphatic carbocycles. The Balaban J connectivity index is 1.54. The van der Waals surface area contributed by atoms with Gasteiger partial charge in [-0.2, -0.15) is 0 Å². The van der Waals surface area contributed by atoms with Crippen LogP contribution in [0.15, 0.2) is 34.9 Å². The molecule has 3 heterocycles. The number of rotatable bonds is 2. The van der Waals surface area contributed by atoms with E-state index in [0.29, 0.717) is 31.7 Å². The summed E-state index contributed by atoms with van der Waals surface area (Å²) in [5.74, 6) is -0.334. The summed E-state index contributed by atoms with van der Waals surface area (Å²) in [4.78, 5) is 24.6. The van der Waals surface area contributed by atoms with Crippen molar-refractivity contribution in [1.82, 2.24) is 10.4 Å². The lowest BCUT2D eigenvalue weighted by Gasteiger charge is -2.17. The van der Waals surface area contributed by atoms with Gasteiger partial charge in [-0.3, -0.25) is 15.0 Å². The standard InChI is InChI=1S/C16H14N2O4/c19-15(14-12-5-6-21-8-11(12)9-22-14)17-18-7-10-3-1-2-4-13(10)16(18)20/h1-4,9H,5-8H2,(H,17,19). The zero-order valence-electron chi connectivity index (χ0n) is 11.8. The van der Waals surface area contributed by atoms with Crippen molar-refractivity contribution in [2.45, 2.75) is 19.6 Å². The Morgan fingerprint density at radius 3 is 2.95 bits per heavy atom. The van der Waals surface area contributed by atoms with Crippen LogP contribution in [0.2, 0.25) is 0 Å². The summed E-state index contributed by atoms with van der Waals surface area (Å²) in [5.41, 5.74) is 5.93. The molecule has 0 unspecified atom stereocenters. The third-order valence-corrected chi connectivity index (χ3v) is 4.00. The molecule has 1 aromatic heterocycles. The van der Waals surface area contributed by atoms with Gasteiger partial charge in [0.1, 0.15) is 0 Å². The van der Waals surface area contributed by atoms with E-state index in [1.807, 2.05) is 18.2 Å². The van der Waals surface area contributed by atoms with E-state index >= 15 is 0 Å². The van der Waals surface area contributed by atoms with Crippen molar-refractivity contribution in [2.24, 2.45) is 0 Å². The maximum absolute atomic E-state index is 12.4. The topological polar surface area (TPSA) is 71.8 Å². The first-order valence-electron chi connectivity index (χ1n) is 7.12. The number of benzene rings is 1. The molecule has 0 saturated carbocycles. The van der Waals surface area contributed by atoms with Gasteiger partial charge in [0, 0.05) is 23.1 Å². The minimum Gasteiger partial charge on any atom is -0.458 e. The Morgan fingerprint density at radius 1 is 1.23 bits per heavy atom. The number of carbonyl (C=O) groups excluding carboxylic acids is 2. The van der Waals surface area contributed by atoms with Gasteiger partial charge in [0.05, 0.1) is 26.0 Å². The van der Waals surface area contributed by atoms with Gasteiger partial charge < -0.3 is 9.15 Å². The summed E-state index contributed by atoms with van der Waals surface area (Å²) in [6.07, 6.45) is 2.19. The molecule has 0 bridgehead atoms. The fraction of sp³-hybridized carbons (Fsp3) is 0.250. The molecule has 0 radical (unpaired) electrons. The lowest BCUT2D eigenvalue weighted by atomic mass is 10.1. The number of nitrogens with one attached hydrogen (secondary N) is 1. The summed E-state index contributed by atoms with van der Waals surface area (Å²) < 4.78 is 10.7. The predicted octanol–water partition coefficient (Wildman–Crippen LogP) is 1.65. The lowest BCUT2D eigenvalue weighted by Crippen LogP contribution is -2.42. The van der Waals surface area contributed by atoms with E-state index in [0.717, 1.165) is 16.7 Å². The molecule has 1 aromatic carbocycles. The Kier molecular flexibility index (Phi) is 2.97. The van der Waals surface area contributed by atoms with E-state index in [4.69, 9.17) is 9.15 Å². The third-order valence-electron chi connectivity index (χ3n) is 4.00. The van der Waals surface area contributed by atoms with Gasteiger partial charge in [-0.25, -0.2) is 5.01 Å². The SMILES string of the molecule is O=C(NN1Cc2ccccc2C1=O)c1occ2c1CCOC2. The highest BCUT2D eigenvalue weighted by Gasteiger charge is 2.30. The zero-order valence-corrected chi connectivity index (χ0v) is 11.8. The summed E-state index contributed by atoms with van der Waals surface area (Å²) in [6.45, 7) is 1.40. The van der Waals surface area contributed by atoms with E-state index in [9.17, 15) is 9.59 Å². The molecule has 2 amide bonds. The number of hydrazine groups is 1. The fourth-order valence-electron chi connectivity index (χ4n) is 2.88. The molecule has 22 heavy (non-hydrogen) atoms. The van der Waals surface area contributed by atoms with E-state index < -0.39 is 5.91 Å². The van der Waals surface area contributed by atoms with Gasteiger partial charge in [-0.1, -0.05) is 18.2 Å². The molecule has 0 atom stereocenters. The van der Waals surface area contributed by atoms with Crippen LogP contribution in [0.25, 0.3) is 0 Å². The molecular formula is C16H14N2O4. The molecule has 6 heteroatoms. The van der Waals surface area contributed by atoms with Crippen LogP contribution >= 0.6 is 0 Å². The van der Waals surface area contributed by atoms with Crippen molar-refractivity contribution >= 4 is 11.8 Å². The second-order valence-electron chi connectivity index (χ2n) is 5.36. The molecule has 0 spiro atoms. The molecule has 112 valence electrons. The predicted molar refractivity (Wildman–Crippen MR) is 75.8 cm³/mol. The first kappa shape index (κ1) is 13.1. The fourth-order valence-corrected chi connectivity index (χ4v) is 2.88. The maximum atomic E-state index is 12.4. The molecule has 1 N–H and O–H groups in total. The monoisotopic (exact) mass is 298 g/mol. The smallest absolute Gasteiger partial charge is 0.305 e. The highest BCUT2D eigenvalue weighted by molar-refractivity contribution is 6.01. The van der Waals surface area contributed by atoms with E-state index in [1.54, 1.807) is 12.3 Å². The second-order valence-corrected chi connectivity index (χ2v) is 5.36. The van der Waals surface area contributed by atoms with Crippen molar-refractivity contribution in [1.29, 1.82) is 0 Å². The number of carbonyl (C=O) groups is 2. The molecule has 6 nitrogen and oxygen atoms in total. The van der Waals surface area contributed by atoms with Crippen LogP contribution in [0.4, 0.5) is 0 Å². The number of hydrogen-bond donors (Lipinski definition) is 1. The molecule has 2 aliphatic rings. The quantitative estimate of drug-likeness (QED) is 0.915. The van der Waals surface area contributed by atoms with Crippen molar-refractivity contribution < 1.29 is 18.7 Å². The molecule has 2 aliphatic heterocycles. The summed E-state index contributed by atoms with van der Waals surface area (Å²) in [5, 5.41) is 1.32. The summed E-state index contributed by atoms with van der Waals surface area (Å²) in [7, 11) is 0. The van der Waals surface area contributed by atoms with Crippen molar-refractivity contribution in [3.8, 4) is 0 Å². The number of nitrogens with zero attached hydrogens (tertiary/aromatic N) is 1. The average Bonchev–Trinajstić information content (AvgIpc) is 3.10. The maximum Gasteiger partial charge on any atom is 0.305 e. The first-order valence-corrected chi connectivity index (χ1v) is 7.12. The van der Waals surface area contributed by atoms with Crippen LogP contribution in [-0.4, -0.2) is 23.4 Å².